The van der Waals surface area contributed by atoms with Gasteiger partial charge in [0.15, 0.2) is 0 Å². The highest BCUT2D eigenvalue weighted by Gasteiger charge is 2.26. The van der Waals surface area contributed by atoms with Gasteiger partial charge in [-0.15, -0.1) is 0 Å². The molecule has 16 heavy (non-hydrogen) atoms. The fourth-order valence-corrected chi connectivity index (χ4v) is 2.46. The molecule has 1 rings (SSSR count). The smallest absolute Gasteiger partial charge is 0.322 e. The van der Waals surface area contributed by atoms with Crippen LogP contribution in [-0.4, -0.2) is 25.2 Å². The van der Waals surface area contributed by atoms with E-state index < -0.39 is 0 Å². The van der Waals surface area contributed by atoms with E-state index in [0.717, 1.165) is 25.2 Å². The van der Waals surface area contributed by atoms with Gasteiger partial charge < -0.3 is 10.1 Å². The van der Waals surface area contributed by atoms with E-state index in [0.29, 0.717) is 6.04 Å². The second kappa shape index (κ2) is 6.89. The normalized spacial score (nSPS) is 26.7. The zero-order valence-corrected chi connectivity index (χ0v) is 10.8. The number of ether oxygens (including phenoxy) is 1. The zero-order chi connectivity index (χ0) is 12.0. The number of nitrogens with one attached hydrogen (secondary N) is 1. The van der Waals surface area contributed by atoms with Crippen LogP contribution in [0.15, 0.2) is 0 Å². The Kier molecular flexibility index (Phi) is 5.81. The van der Waals surface area contributed by atoms with Crippen molar-refractivity contribution in [3.8, 4) is 0 Å². The van der Waals surface area contributed by atoms with Crippen LogP contribution in [0.2, 0.25) is 0 Å². The molecule has 1 N–H and O–H groups in total. The van der Waals surface area contributed by atoms with Crippen LogP contribution in [0.1, 0.15) is 52.4 Å². The Labute approximate surface area is 98.9 Å². The number of esters is 1. The van der Waals surface area contributed by atoms with Gasteiger partial charge in [-0.2, -0.15) is 0 Å². The Morgan fingerprint density at radius 1 is 1.50 bits per heavy atom. The largest absolute Gasteiger partial charge is 0.468 e. The van der Waals surface area contributed by atoms with Gasteiger partial charge in [0, 0.05) is 6.04 Å². The molecule has 1 saturated carbocycles. The molecule has 0 heterocycles. The third-order valence-corrected chi connectivity index (χ3v) is 3.46. The van der Waals surface area contributed by atoms with Crippen LogP contribution in [-0.2, 0) is 9.53 Å². The van der Waals surface area contributed by atoms with Crippen LogP contribution < -0.4 is 5.32 Å². The molecule has 0 saturated heterocycles. The van der Waals surface area contributed by atoms with Crippen molar-refractivity contribution >= 4 is 5.97 Å². The van der Waals surface area contributed by atoms with Crippen LogP contribution in [0.5, 0.6) is 0 Å². The fourth-order valence-electron chi connectivity index (χ4n) is 2.46. The van der Waals surface area contributed by atoms with Gasteiger partial charge in [0.2, 0.25) is 0 Å². The molecule has 0 aliphatic heterocycles. The summed E-state index contributed by atoms with van der Waals surface area (Å²) in [6, 6.07) is 0.413. The minimum absolute atomic E-state index is 0.0970. The van der Waals surface area contributed by atoms with Gasteiger partial charge in [0.05, 0.1) is 7.11 Å². The lowest BCUT2D eigenvalue weighted by Crippen LogP contribution is -2.43. The molecule has 3 atom stereocenters. The Morgan fingerprint density at radius 2 is 2.25 bits per heavy atom. The SMILES string of the molecule is CCCCC(NC1CCC(C)C1)C(=O)OC. The van der Waals surface area contributed by atoms with Gasteiger partial charge in [-0.3, -0.25) is 4.79 Å². The quantitative estimate of drug-likeness (QED) is 0.708. The van der Waals surface area contributed by atoms with E-state index in [-0.39, 0.29) is 12.0 Å². The van der Waals surface area contributed by atoms with E-state index in [4.69, 9.17) is 4.74 Å². The van der Waals surface area contributed by atoms with Gasteiger partial charge in [-0.25, -0.2) is 0 Å². The van der Waals surface area contributed by atoms with E-state index >= 15 is 0 Å². The third-order valence-electron chi connectivity index (χ3n) is 3.46. The second-order valence-electron chi connectivity index (χ2n) is 5.00. The highest BCUT2D eigenvalue weighted by molar-refractivity contribution is 5.75. The van der Waals surface area contributed by atoms with E-state index in [1.165, 1.54) is 26.4 Å². The van der Waals surface area contributed by atoms with Crippen molar-refractivity contribution in [2.75, 3.05) is 7.11 Å². The lowest BCUT2D eigenvalue weighted by atomic mass is 10.1. The van der Waals surface area contributed by atoms with E-state index in [1.807, 2.05) is 0 Å². The Bertz CT molecular complexity index is 218. The summed E-state index contributed by atoms with van der Waals surface area (Å²) in [5.74, 6) is 0.690. The lowest BCUT2D eigenvalue weighted by molar-refractivity contribution is -0.143. The summed E-state index contributed by atoms with van der Waals surface area (Å²) in [6.07, 6.45) is 6.76. The topological polar surface area (TPSA) is 38.3 Å². The molecule has 0 aromatic rings. The maximum Gasteiger partial charge on any atom is 0.322 e. The van der Waals surface area contributed by atoms with Crippen LogP contribution in [0.25, 0.3) is 0 Å². The molecular weight excluding hydrogens is 202 g/mol. The van der Waals surface area contributed by atoms with Crippen molar-refractivity contribution < 1.29 is 9.53 Å². The molecule has 0 radical (unpaired) electrons. The van der Waals surface area contributed by atoms with Crippen molar-refractivity contribution in [2.24, 2.45) is 5.92 Å². The highest BCUT2D eigenvalue weighted by Crippen LogP contribution is 2.25. The van der Waals surface area contributed by atoms with Gasteiger partial charge in [0.25, 0.3) is 0 Å². The zero-order valence-electron chi connectivity index (χ0n) is 10.8. The first-order valence-corrected chi connectivity index (χ1v) is 6.51. The summed E-state index contributed by atoms with van der Waals surface area (Å²) in [7, 11) is 1.47. The number of hydrogen-bond acceptors (Lipinski definition) is 3. The predicted octanol–water partition coefficient (Wildman–Crippen LogP) is 2.50. The molecule has 0 spiro atoms. The van der Waals surface area contributed by atoms with Crippen molar-refractivity contribution in [3.05, 3.63) is 0 Å². The Hall–Kier alpha value is -0.570. The van der Waals surface area contributed by atoms with E-state index in [9.17, 15) is 4.79 Å². The maximum absolute atomic E-state index is 11.6. The molecule has 1 fully saturated rings. The highest BCUT2D eigenvalue weighted by atomic mass is 16.5. The van der Waals surface area contributed by atoms with Crippen molar-refractivity contribution in [2.45, 2.75) is 64.5 Å². The second-order valence-corrected chi connectivity index (χ2v) is 5.00. The molecule has 3 nitrogen and oxygen atoms in total. The molecule has 94 valence electrons. The van der Waals surface area contributed by atoms with Crippen LogP contribution in [0.4, 0.5) is 0 Å². The standard InChI is InChI=1S/C13H25NO2/c1-4-5-6-12(13(15)16-3)14-11-8-7-10(2)9-11/h10-12,14H,4-9H2,1-3H3. The number of rotatable bonds is 6. The molecule has 0 aromatic heterocycles. The monoisotopic (exact) mass is 227 g/mol. The van der Waals surface area contributed by atoms with Crippen LogP contribution >= 0.6 is 0 Å². The summed E-state index contributed by atoms with van der Waals surface area (Å²) in [6.45, 7) is 4.42. The first kappa shape index (κ1) is 13.5. The molecule has 3 heteroatoms. The third kappa shape index (κ3) is 4.12. The van der Waals surface area contributed by atoms with Gasteiger partial charge in [-0.05, 0) is 31.6 Å². The molecule has 0 bridgehead atoms. The summed E-state index contributed by atoms with van der Waals surface area (Å²) in [5, 5.41) is 3.46. The number of hydrogen-bond donors (Lipinski definition) is 1. The first-order chi connectivity index (χ1) is 7.67. The minimum atomic E-state index is -0.104. The Balaban J connectivity index is 2.39. The Morgan fingerprint density at radius 3 is 2.75 bits per heavy atom. The average Bonchev–Trinajstić information content (AvgIpc) is 2.69. The summed E-state index contributed by atoms with van der Waals surface area (Å²) in [5.41, 5.74) is 0. The molecule has 0 amide bonds. The molecule has 1 aliphatic carbocycles. The first-order valence-electron chi connectivity index (χ1n) is 6.51. The van der Waals surface area contributed by atoms with Gasteiger partial charge in [-0.1, -0.05) is 26.7 Å². The minimum Gasteiger partial charge on any atom is -0.468 e. The van der Waals surface area contributed by atoms with Gasteiger partial charge in [0.1, 0.15) is 6.04 Å². The van der Waals surface area contributed by atoms with Crippen LogP contribution in [0.3, 0.4) is 0 Å². The average molecular weight is 227 g/mol. The van der Waals surface area contributed by atoms with E-state index in [2.05, 4.69) is 19.2 Å². The fraction of sp³-hybridized carbons (Fsp3) is 0.923. The van der Waals surface area contributed by atoms with Crippen molar-refractivity contribution in [1.29, 1.82) is 0 Å². The van der Waals surface area contributed by atoms with Crippen molar-refractivity contribution in [1.82, 2.24) is 5.32 Å². The number of methoxy groups -OCH3 is 1. The number of carbonyl (C=O) groups excluding carboxylic acids is 1. The van der Waals surface area contributed by atoms with E-state index in [1.54, 1.807) is 0 Å². The van der Waals surface area contributed by atoms with Crippen LogP contribution in [0, 0.1) is 5.92 Å². The lowest BCUT2D eigenvalue weighted by Gasteiger charge is -2.20. The summed E-state index contributed by atoms with van der Waals surface area (Å²) < 4.78 is 4.85. The molecule has 1 aliphatic rings. The number of carbonyl (C=O) groups is 1. The predicted molar refractivity (Wildman–Crippen MR) is 65.3 cm³/mol. The van der Waals surface area contributed by atoms with Crippen molar-refractivity contribution in [3.63, 3.8) is 0 Å². The molecule has 0 aromatic carbocycles. The summed E-state index contributed by atoms with van der Waals surface area (Å²) >= 11 is 0. The maximum atomic E-state index is 11.6. The molecular formula is C13H25NO2. The number of unbranched alkanes of at least 4 members (excludes halogenated alkanes) is 1. The summed E-state index contributed by atoms with van der Waals surface area (Å²) in [4.78, 5) is 11.6. The van der Waals surface area contributed by atoms with Gasteiger partial charge >= 0.3 is 5.97 Å². The molecule has 3 unspecified atom stereocenters.